The molecule has 4 rings (SSSR count). The number of aromatic nitrogens is 5. The van der Waals surface area contributed by atoms with Crippen molar-refractivity contribution in [1.29, 1.82) is 0 Å². The van der Waals surface area contributed by atoms with E-state index in [1.807, 2.05) is 47.7 Å². The van der Waals surface area contributed by atoms with Crippen LogP contribution in [0.1, 0.15) is 19.4 Å². The van der Waals surface area contributed by atoms with Gasteiger partial charge in [-0.3, -0.25) is 14.2 Å². The molecule has 154 valence electrons. The van der Waals surface area contributed by atoms with E-state index in [9.17, 15) is 9.90 Å². The lowest BCUT2D eigenvalue weighted by molar-refractivity contribution is 0.0577. The molecule has 1 N–H and O–H groups in total. The maximum atomic E-state index is 12.4. The van der Waals surface area contributed by atoms with Crippen LogP contribution in [0.25, 0.3) is 22.3 Å². The smallest absolute Gasteiger partial charge is 0.250 e. The largest absolute Gasteiger partial charge is 0.389 e. The topological polar surface area (TPSA) is 77.9 Å². The van der Waals surface area contributed by atoms with Crippen LogP contribution in [0.4, 0.5) is 0 Å². The molecule has 30 heavy (non-hydrogen) atoms. The van der Waals surface area contributed by atoms with E-state index < -0.39 is 5.60 Å². The van der Waals surface area contributed by atoms with Crippen molar-refractivity contribution in [3.8, 4) is 22.3 Å². The zero-order chi connectivity index (χ0) is 21.3. The van der Waals surface area contributed by atoms with Crippen molar-refractivity contribution in [3.63, 3.8) is 0 Å². The highest BCUT2D eigenvalue weighted by Gasteiger charge is 2.17. The zero-order valence-electron chi connectivity index (χ0n) is 17.4. The number of nitrogens with zero attached hydrogens (tertiary/aromatic N) is 5. The molecule has 0 atom stereocenters. The number of hydrogen-bond donors (Lipinski definition) is 1. The number of hydrogen-bond acceptors (Lipinski definition) is 4. The minimum absolute atomic E-state index is 0.0966. The van der Waals surface area contributed by atoms with Crippen LogP contribution in [-0.2, 0) is 20.1 Å². The second-order valence-electron chi connectivity index (χ2n) is 8.20. The van der Waals surface area contributed by atoms with Crippen LogP contribution in [0.3, 0.4) is 0 Å². The van der Waals surface area contributed by atoms with Gasteiger partial charge in [0.15, 0.2) is 0 Å². The number of aliphatic hydroxyl groups is 1. The van der Waals surface area contributed by atoms with Gasteiger partial charge in [0, 0.05) is 48.4 Å². The van der Waals surface area contributed by atoms with Crippen molar-refractivity contribution in [2.45, 2.75) is 32.5 Å². The van der Waals surface area contributed by atoms with Crippen LogP contribution in [0.5, 0.6) is 0 Å². The maximum absolute atomic E-state index is 12.4. The molecule has 7 heteroatoms. The molecule has 7 nitrogen and oxygen atoms in total. The molecular formula is C23H25N5O2. The van der Waals surface area contributed by atoms with Gasteiger partial charge in [0.1, 0.15) is 0 Å². The first-order valence-electron chi connectivity index (χ1n) is 9.81. The van der Waals surface area contributed by atoms with Gasteiger partial charge in [-0.2, -0.15) is 10.2 Å². The molecule has 0 aliphatic heterocycles. The van der Waals surface area contributed by atoms with E-state index in [2.05, 4.69) is 22.3 Å². The summed E-state index contributed by atoms with van der Waals surface area (Å²) in [4.78, 5) is 12.4. The molecular weight excluding hydrogens is 378 g/mol. The number of rotatable bonds is 6. The molecule has 0 bridgehead atoms. The third-order valence-electron chi connectivity index (χ3n) is 4.85. The Morgan fingerprint density at radius 1 is 0.933 bits per heavy atom. The average molecular weight is 403 g/mol. The van der Waals surface area contributed by atoms with Crippen LogP contribution in [0, 0.1) is 0 Å². The van der Waals surface area contributed by atoms with Gasteiger partial charge in [-0.15, -0.1) is 0 Å². The van der Waals surface area contributed by atoms with Gasteiger partial charge in [0.2, 0.25) is 0 Å². The van der Waals surface area contributed by atoms with Crippen LogP contribution in [-0.4, -0.2) is 34.8 Å². The molecule has 1 aromatic carbocycles. The summed E-state index contributed by atoms with van der Waals surface area (Å²) >= 11 is 0. The zero-order valence-corrected chi connectivity index (χ0v) is 17.4. The second-order valence-corrected chi connectivity index (χ2v) is 8.20. The predicted molar refractivity (Wildman–Crippen MR) is 116 cm³/mol. The fourth-order valence-corrected chi connectivity index (χ4v) is 3.44. The molecule has 3 aromatic heterocycles. The van der Waals surface area contributed by atoms with E-state index in [4.69, 9.17) is 0 Å². The lowest BCUT2D eigenvalue weighted by Gasteiger charge is -2.16. The summed E-state index contributed by atoms with van der Waals surface area (Å²) in [5.74, 6) is 0. The molecule has 0 saturated heterocycles. The van der Waals surface area contributed by atoms with Gasteiger partial charge in [-0.1, -0.05) is 30.3 Å². The second kappa shape index (κ2) is 7.76. The fourth-order valence-electron chi connectivity index (χ4n) is 3.44. The Morgan fingerprint density at radius 2 is 1.57 bits per heavy atom. The van der Waals surface area contributed by atoms with Crippen LogP contribution >= 0.6 is 0 Å². The van der Waals surface area contributed by atoms with E-state index in [1.54, 1.807) is 42.4 Å². The van der Waals surface area contributed by atoms with Gasteiger partial charge in [0.05, 0.1) is 31.1 Å². The number of aryl methyl sites for hydroxylation is 1. The molecule has 0 radical (unpaired) electrons. The minimum Gasteiger partial charge on any atom is -0.389 e. The van der Waals surface area contributed by atoms with E-state index in [1.165, 1.54) is 5.56 Å². The third-order valence-corrected chi connectivity index (χ3v) is 4.85. The Morgan fingerprint density at radius 3 is 2.27 bits per heavy atom. The highest BCUT2D eigenvalue weighted by Crippen LogP contribution is 2.30. The average Bonchev–Trinajstić information content (AvgIpc) is 3.33. The van der Waals surface area contributed by atoms with Crippen molar-refractivity contribution in [2.24, 2.45) is 7.05 Å². The first kappa shape index (κ1) is 19.8. The van der Waals surface area contributed by atoms with Gasteiger partial charge in [-0.05, 0) is 25.0 Å². The normalized spacial score (nSPS) is 11.7. The van der Waals surface area contributed by atoms with Crippen molar-refractivity contribution in [2.75, 3.05) is 0 Å². The lowest BCUT2D eigenvalue weighted by Crippen LogP contribution is -2.26. The van der Waals surface area contributed by atoms with Crippen molar-refractivity contribution in [3.05, 3.63) is 83.3 Å². The van der Waals surface area contributed by atoms with Gasteiger partial charge in [-0.25, -0.2) is 0 Å². The predicted octanol–water partition coefficient (Wildman–Crippen LogP) is 2.93. The Balaban J connectivity index is 1.71. The molecule has 0 saturated carbocycles. The number of benzene rings is 1. The molecule has 0 aliphatic carbocycles. The third kappa shape index (κ3) is 4.41. The molecule has 0 aliphatic rings. The van der Waals surface area contributed by atoms with Gasteiger partial charge >= 0.3 is 0 Å². The molecule has 0 unspecified atom stereocenters. The molecule has 0 amide bonds. The lowest BCUT2D eigenvalue weighted by atomic mass is 10.0. The molecule has 0 fully saturated rings. The summed E-state index contributed by atoms with van der Waals surface area (Å²) in [5.41, 5.74) is 3.63. The highest BCUT2D eigenvalue weighted by molar-refractivity contribution is 5.81. The number of pyridine rings is 1. The van der Waals surface area contributed by atoms with Gasteiger partial charge < -0.3 is 9.67 Å². The minimum atomic E-state index is -0.877. The monoisotopic (exact) mass is 403 g/mol. The Labute approximate surface area is 174 Å². The Bertz CT molecular complexity index is 1210. The Hall–Kier alpha value is -3.45. The molecule has 4 aromatic rings. The van der Waals surface area contributed by atoms with Crippen molar-refractivity contribution in [1.82, 2.24) is 24.1 Å². The SMILES string of the molecule is Cn1cc(-c2cnn(Cc3ccccc3)c2)c(-c2cnn(CC(C)(C)O)c2)cc1=O. The first-order chi connectivity index (χ1) is 14.3. The van der Waals surface area contributed by atoms with Crippen LogP contribution in [0.15, 0.2) is 72.2 Å². The van der Waals surface area contributed by atoms with E-state index in [-0.39, 0.29) is 5.56 Å². The maximum Gasteiger partial charge on any atom is 0.250 e. The van der Waals surface area contributed by atoms with Crippen LogP contribution < -0.4 is 5.56 Å². The quantitative estimate of drug-likeness (QED) is 0.537. The molecule has 3 heterocycles. The highest BCUT2D eigenvalue weighted by atomic mass is 16.3. The summed E-state index contributed by atoms with van der Waals surface area (Å²) < 4.78 is 5.14. The Kier molecular flexibility index (Phi) is 5.13. The standard InChI is InChI=1S/C23H25N5O2/c1-23(2,30)16-28-14-18(10-25-28)20-9-22(29)26(3)15-21(20)19-11-24-27(13-19)12-17-7-5-4-6-8-17/h4-11,13-15,30H,12,16H2,1-3H3. The van der Waals surface area contributed by atoms with Crippen molar-refractivity contribution >= 4 is 0 Å². The van der Waals surface area contributed by atoms with Crippen molar-refractivity contribution < 1.29 is 5.11 Å². The van der Waals surface area contributed by atoms with E-state index >= 15 is 0 Å². The van der Waals surface area contributed by atoms with E-state index in [0.717, 1.165) is 22.3 Å². The van der Waals surface area contributed by atoms with Gasteiger partial charge in [0.25, 0.3) is 5.56 Å². The molecule has 0 spiro atoms. The van der Waals surface area contributed by atoms with E-state index in [0.29, 0.717) is 13.1 Å². The summed E-state index contributed by atoms with van der Waals surface area (Å²) in [7, 11) is 1.74. The first-order valence-corrected chi connectivity index (χ1v) is 9.81. The summed E-state index contributed by atoms with van der Waals surface area (Å²) in [6.45, 7) is 4.51. The summed E-state index contributed by atoms with van der Waals surface area (Å²) in [5, 5.41) is 18.9. The van der Waals surface area contributed by atoms with Crippen LogP contribution in [0.2, 0.25) is 0 Å². The summed E-state index contributed by atoms with van der Waals surface area (Å²) in [6, 6.07) is 11.8. The summed E-state index contributed by atoms with van der Waals surface area (Å²) in [6.07, 6.45) is 9.20. The fraction of sp³-hybridized carbons (Fsp3) is 0.261.